The summed E-state index contributed by atoms with van der Waals surface area (Å²) < 4.78 is 5.15. The Labute approximate surface area is 121 Å². The van der Waals surface area contributed by atoms with Crippen LogP contribution in [0, 0.1) is 0 Å². The molecule has 0 radical (unpaired) electrons. The fraction of sp³-hybridized carbons (Fsp3) is 0.533. The number of guanidine groups is 1. The van der Waals surface area contributed by atoms with Gasteiger partial charge in [0.1, 0.15) is 5.75 Å². The molecule has 5 nitrogen and oxygen atoms in total. The highest BCUT2D eigenvalue weighted by Crippen LogP contribution is 2.19. The summed E-state index contributed by atoms with van der Waals surface area (Å²) in [5, 5.41) is 16.5. The maximum atomic E-state index is 10.2. The molecule has 1 atom stereocenters. The number of aliphatic hydroxyl groups excluding tert-OH is 1. The van der Waals surface area contributed by atoms with Gasteiger partial charge in [0.25, 0.3) is 0 Å². The van der Waals surface area contributed by atoms with Crippen molar-refractivity contribution in [2.75, 3.05) is 26.7 Å². The highest BCUT2D eigenvalue weighted by molar-refractivity contribution is 5.79. The molecule has 1 rings (SSSR count). The van der Waals surface area contributed by atoms with Crippen LogP contribution in [0.3, 0.4) is 0 Å². The second-order valence-electron chi connectivity index (χ2n) is 4.44. The van der Waals surface area contributed by atoms with Gasteiger partial charge in [-0.25, -0.2) is 0 Å². The molecule has 0 saturated heterocycles. The molecule has 20 heavy (non-hydrogen) atoms. The minimum atomic E-state index is -0.637. The first-order valence-electron chi connectivity index (χ1n) is 7.05. The Morgan fingerprint density at radius 3 is 2.80 bits per heavy atom. The normalized spacial score (nSPS) is 12.9. The van der Waals surface area contributed by atoms with Crippen molar-refractivity contribution in [2.24, 2.45) is 4.99 Å². The third kappa shape index (κ3) is 5.48. The van der Waals surface area contributed by atoms with Gasteiger partial charge in [-0.3, -0.25) is 4.99 Å². The molecule has 1 aromatic rings. The summed E-state index contributed by atoms with van der Waals surface area (Å²) in [6, 6.07) is 7.41. The summed E-state index contributed by atoms with van der Waals surface area (Å²) >= 11 is 0. The third-order valence-electron chi connectivity index (χ3n) is 2.79. The minimum absolute atomic E-state index is 0.312. The lowest BCUT2D eigenvalue weighted by molar-refractivity contribution is 0.186. The Kier molecular flexibility index (Phi) is 7.50. The van der Waals surface area contributed by atoms with E-state index in [2.05, 4.69) is 22.5 Å². The number of nitrogens with one attached hydrogen (secondary N) is 2. The molecule has 0 spiro atoms. The molecule has 0 saturated carbocycles. The van der Waals surface area contributed by atoms with Crippen LogP contribution in [0.5, 0.6) is 5.75 Å². The topological polar surface area (TPSA) is 65.9 Å². The Bertz CT molecular complexity index is 421. The largest absolute Gasteiger partial charge is 0.497 e. The van der Waals surface area contributed by atoms with Crippen molar-refractivity contribution in [3.05, 3.63) is 29.8 Å². The first-order valence-corrected chi connectivity index (χ1v) is 7.05. The smallest absolute Gasteiger partial charge is 0.191 e. The van der Waals surface area contributed by atoms with Gasteiger partial charge in [0, 0.05) is 13.1 Å². The van der Waals surface area contributed by atoms with Crippen LogP contribution < -0.4 is 15.4 Å². The number of aliphatic hydroxyl groups is 1. The monoisotopic (exact) mass is 279 g/mol. The molecule has 3 N–H and O–H groups in total. The molecule has 5 heteroatoms. The Hall–Kier alpha value is -1.75. The van der Waals surface area contributed by atoms with Crippen LogP contribution in [-0.2, 0) is 0 Å². The molecule has 1 aromatic carbocycles. The molecule has 0 heterocycles. The van der Waals surface area contributed by atoms with Gasteiger partial charge >= 0.3 is 0 Å². The van der Waals surface area contributed by atoms with E-state index in [0.717, 1.165) is 36.8 Å². The number of hydrogen-bond donors (Lipinski definition) is 3. The van der Waals surface area contributed by atoms with Gasteiger partial charge in [-0.15, -0.1) is 0 Å². The van der Waals surface area contributed by atoms with Crippen LogP contribution in [0.2, 0.25) is 0 Å². The van der Waals surface area contributed by atoms with Crippen LogP contribution in [0.4, 0.5) is 0 Å². The molecule has 0 aliphatic heterocycles. The maximum absolute atomic E-state index is 10.2. The third-order valence-corrected chi connectivity index (χ3v) is 2.79. The van der Waals surface area contributed by atoms with E-state index >= 15 is 0 Å². The van der Waals surface area contributed by atoms with Crippen molar-refractivity contribution in [3.63, 3.8) is 0 Å². The Morgan fingerprint density at radius 1 is 1.35 bits per heavy atom. The number of rotatable bonds is 7. The van der Waals surface area contributed by atoms with E-state index in [1.54, 1.807) is 7.11 Å². The Balaban J connectivity index is 2.64. The lowest BCUT2D eigenvalue weighted by Crippen LogP contribution is -2.37. The van der Waals surface area contributed by atoms with Crippen molar-refractivity contribution in [3.8, 4) is 5.75 Å². The van der Waals surface area contributed by atoms with E-state index in [1.807, 2.05) is 31.2 Å². The van der Waals surface area contributed by atoms with Crippen LogP contribution >= 0.6 is 0 Å². The van der Waals surface area contributed by atoms with Gasteiger partial charge in [-0.05, 0) is 31.0 Å². The van der Waals surface area contributed by atoms with Crippen molar-refractivity contribution >= 4 is 5.96 Å². The van der Waals surface area contributed by atoms with E-state index < -0.39 is 6.10 Å². The molecule has 0 amide bonds. The average molecular weight is 279 g/mol. The molecule has 0 fully saturated rings. The SMILES string of the molecule is CCCNC(=NCC(O)c1cccc(OC)c1)NCC. The number of ether oxygens (including phenoxy) is 1. The fourth-order valence-corrected chi connectivity index (χ4v) is 1.72. The molecule has 0 bridgehead atoms. The number of aliphatic imine (C=N–C) groups is 1. The summed E-state index contributed by atoms with van der Waals surface area (Å²) in [7, 11) is 1.61. The Morgan fingerprint density at radius 2 is 2.15 bits per heavy atom. The van der Waals surface area contributed by atoms with Crippen molar-refractivity contribution < 1.29 is 9.84 Å². The van der Waals surface area contributed by atoms with E-state index in [9.17, 15) is 5.11 Å². The van der Waals surface area contributed by atoms with Crippen molar-refractivity contribution in [1.29, 1.82) is 0 Å². The predicted octanol–water partition coefficient (Wildman–Crippen LogP) is 1.69. The standard InChI is InChI=1S/C15H25N3O2/c1-4-9-17-15(16-5-2)18-11-14(19)12-7-6-8-13(10-12)20-3/h6-8,10,14,19H,4-5,9,11H2,1-3H3,(H2,16,17,18). The molecule has 1 unspecified atom stereocenters. The minimum Gasteiger partial charge on any atom is -0.497 e. The van der Waals surface area contributed by atoms with E-state index in [4.69, 9.17) is 4.74 Å². The van der Waals surface area contributed by atoms with E-state index in [1.165, 1.54) is 0 Å². The second kappa shape index (κ2) is 9.20. The highest BCUT2D eigenvalue weighted by atomic mass is 16.5. The fourth-order valence-electron chi connectivity index (χ4n) is 1.72. The van der Waals surface area contributed by atoms with Crippen LogP contribution in [-0.4, -0.2) is 37.8 Å². The zero-order valence-electron chi connectivity index (χ0n) is 12.5. The summed E-state index contributed by atoms with van der Waals surface area (Å²) in [4.78, 5) is 4.39. The molecular weight excluding hydrogens is 254 g/mol. The zero-order chi connectivity index (χ0) is 14.8. The zero-order valence-corrected chi connectivity index (χ0v) is 12.5. The number of benzene rings is 1. The quantitative estimate of drug-likeness (QED) is 0.525. The van der Waals surface area contributed by atoms with E-state index in [0.29, 0.717) is 6.54 Å². The van der Waals surface area contributed by atoms with Crippen LogP contribution in [0.15, 0.2) is 29.3 Å². The average Bonchev–Trinajstić information content (AvgIpc) is 2.49. The van der Waals surface area contributed by atoms with Crippen molar-refractivity contribution in [2.45, 2.75) is 26.4 Å². The lowest BCUT2D eigenvalue weighted by Gasteiger charge is -2.13. The van der Waals surface area contributed by atoms with Crippen LogP contribution in [0.1, 0.15) is 31.9 Å². The van der Waals surface area contributed by atoms with Gasteiger partial charge in [0.15, 0.2) is 5.96 Å². The van der Waals surface area contributed by atoms with Crippen molar-refractivity contribution in [1.82, 2.24) is 10.6 Å². The highest BCUT2D eigenvalue weighted by Gasteiger charge is 2.08. The lowest BCUT2D eigenvalue weighted by atomic mass is 10.1. The first-order chi connectivity index (χ1) is 9.71. The number of nitrogens with zero attached hydrogens (tertiary/aromatic N) is 1. The predicted molar refractivity (Wildman–Crippen MR) is 82.2 cm³/mol. The summed E-state index contributed by atoms with van der Waals surface area (Å²) in [6.45, 7) is 6.08. The van der Waals surface area contributed by atoms with Crippen LogP contribution in [0.25, 0.3) is 0 Å². The van der Waals surface area contributed by atoms with Gasteiger partial charge in [0.2, 0.25) is 0 Å². The van der Waals surface area contributed by atoms with E-state index in [-0.39, 0.29) is 0 Å². The summed E-state index contributed by atoms with van der Waals surface area (Å²) in [5.41, 5.74) is 0.805. The molecule has 0 aliphatic rings. The molecular formula is C15H25N3O2. The number of hydrogen-bond acceptors (Lipinski definition) is 3. The summed E-state index contributed by atoms with van der Waals surface area (Å²) in [6.07, 6.45) is 0.394. The van der Waals surface area contributed by atoms with Gasteiger partial charge < -0.3 is 20.5 Å². The molecule has 0 aromatic heterocycles. The molecule has 0 aliphatic carbocycles. The van der Waals surface area contributed by atoms with Gasteiger partial charge in [0.05, 0.1) is 19.8 Å². The van der Waals surface area contributed by atoms with Gasteiger partial charge in [-0.2, -0.15) is 0 Å². The number of methoxy groups -OCH3 is 1. The van der Waals surface area contributed by atoms with Gasteiger partial charge in [-0.1, -0.05) is 19.1 Å². The first kappa shape index (κ1) is 16.3. The summed E-state index contributed by atoms with van der Waals surface area (Å²) in [5.74, 6) is 1.47. The second-order valence-corrected chi connectivity index (χ2v) is 4.44. The maximum Gasteiger partial charge on any atom is 0.191 e. The molecule has 112 valence electrons.